The first-order valence-electron chi connectivity index (χ1n) is 14.4. The van der Waals surface area contributed by atoms with E-state index >= 15 is 0 Å². The average molecular weight is 617 g/mol. The lowest BCUT2D eigenvalue weighted by atomic mass is 9.91. The Balaban J connectivity index is 1.59. The summed E-state index contributed by atoms with van der Waals surface area (Å²) in [5.41, 5.74) is 3.75. The van der Waals surface area contributed by atoms with Gasteiger partial charge in [0, 0.05) is 0 Å². The van der Waals surface area contributed by atoms with E-state index in [0.717, 1.165) is 0 Å². The molecule has 5 rings (SSSR count). The van der Waals surface area contributed by atoms with E-state index in [2.05, 4.69) is 33.0 Å². The summed E-state index contributed by atoms with van der Waals surface area (Å²) in [6.45, 7) is 7.08. The molecule has 2 aliphatic rings. The molecule has 0 fully saturated rings. The summed E-state index contributed by atoms with van der Waals surface area (Å²) in [5.74, 6) is -0.416. The monoisotopic (exact) mass is 616 g/mol. The number of nitrogens with zero attached hydrogens (tertiary/aromatic N) is 8. The fourth-order valence-electron chi connectivity index (χ4n) is 5.70. The molecule has 4 heterocycles. The Morgan fingerprint density at radius 1 is 0.739 bits per heavy atom. The second-order valence-electron chi connectivity index (χ2n) is 10.3. The van der Waals surface area contributed by atoms with E-state index in [1.807, 2.05) is 12.1 Å². The van der Waals surface area contributed by atoms with Crippen LogP contribution in [0.3, 0.4) is 0 Å². The number of carbonyl (C=O) groups is 2. The number of esters is 2. The van der Waals surface area contributed by atoms with Gasteiger partial charge in [-0.3, -0.25) is 0 Å². The van der Waals surface area contributed by atoms with Crippen molar-refractivity contribution in [3.05, 3.63) is 69.1 Å². The summed E-state index contributed by atoms with van der Waals surface area (Å²) >= 11 is 0. The number of benzene rings is 1. The van der Waals surface area contributed by atoms with Gasteiger partial charge >= 0.3 is 11.9 Å². The predicted molar refractivity (Wildman–Crippen MR) is 163 cm³/mol. The van der Waals surface area contributed by atoms with Crippen molar-refractivity contribution in [3.8, 4) is 24.3 Å². The number of anilines is 2. The van der Waals surface area contributed by atoms with Crippen molar-refractivity contribution >= 4 is 35.0 Å². The normalized spacial score (nSPS) is 16.4. The number of allylic oxidation sites excluding steroid dienone is 2. The zero-order valence-electron chi connectivity index (χ0n) is 25.5. The van der Waals surface area contributed by atoms with E-state index < -0.39 is 24.0 Å². The highest BCUT2D eigenvalue weighted by Crippen LogP contribution is 2.42. The Hall–Kier alpha value is -6.38. The summed E-state index contributed by atoms with van der Waals surface area (Å²) in [6.07, 6.45) is -0.166. The van der Waals surface area contributed by atoms with Gasteiger partial charge in [0.25, 0.3) is 0 Å². The third-order valence-corrected chi connectivity index (χ3v) is 7.78. The van der Waals surface area contributed by atoms with Gasteiger partial charge < -0.3 is 20.1 Å². The fraction of sp³-hybridized carbons (Fsp3) is 0.312. The summed E-state index contributed by atoms with van der Waals surface area (Å²) in [4.78, 5) is 26.5. The smallest absolute Gasteiger partial charge is 0.338 e. The highest BCUT2D eigenvalue weighted by Gasteiger charge is 2.37. The lowest BCUT2D eigenvalue weighted by molar-refractivity contribution is -0.139. The van der Waals surface area contributed by atoms with Gasteiger partial charge in [-0.25, -0.2) is 19.0 Å². The Bertz CT molecular complexity index is 1840. The van der Waals surface area contributed by atoms with Crippen molar-refractivity contribution in [2.45, 2.75) is 52.6 Å². The van der Waals surface area contributed by atoms with Crippen molar-refractivity contribution < 1.29 is 19.1 Å². The molecule has 2 unspecified atom stereocenters. The second-order valence-corrected chi connectivity index (χ2v) is 10.3. The molecule has 0 radical (unpaired) electrons. The molecule has 0 aliphatic carbocycles. The quantitative estimate of drug-likeness (QED) is 0.346. The third kappa shape index (κ3) is 5.08. The molecule has 3 aromatic rings. The number of nitrogens with one attached hydrogen (secondary N) is 2. The minimum absolute atomic E-state index is 0.0828. The number of fused-ring (bicyclic) bond motifs is 2. The highest BCUT2D eigenvalue weighted by atomic mass is 16.5. The Morgan fingerprint density at radius 2 is 1.11 bits per heavy atom. The van der Waals surface area contributed by atoms with Crippen molar-refractivity contribution in [3.63, 3.8) is 0 Å². The maximum atomic E-state index is 13.2. The van der Waals surface area contributed by atoms with Crippen LogP contribution in [0, 0.1) is 45.3 Å². The number of hydrogen-bond donors (Lipinski definition) is 2. The zero-order chi connectivity index (χ0) is 33.1. The molecule has 46 heavy (non-hydrogen) atoms. The molecular formula is C32H28N10O4. The van der Waals surface area contributed by atoms with Crippen molar-refractivity contribution in [1.82, 2.24) is 19.6 Å². The number of aromatic nitrogens is 4. The van der Waals surface area contributed by atoms with Crippen LogP contribution in [0.4, 0.5) is 11.6 Å². The van der Waals surface area contributed by atoms with Gasteiger partial charge in [-0.2, -0.15) is 31.2 Å². The lowest BCUT2D eigenvalue weighted by Crippen LogP contribution is -2.29. The molecule has 2 aliphatic heterocycles. The number of ether oxygens (including phenoxy) is 2. The van der Waals surface area contributed by atoms with Gasteiger partial charge in [0.2, 0.25) is 0 Å². The van der Waals surface area contributed by atoms with Gasteiger partial charge in [-0.05, 0) is 38.8 Å². The molecule has 0 saturated heterocycles. The van der Waals surface area contributed by atoms with Crippen LogP contribution in [0.25, 0.3) is 11.4 Å². The summed E-state index contributed by atoms with van der Waals surface area (Å²) in [5, 5.41) is 53.7. The minimum Gasteiger partial charge on any atom is -0.463 e. The molecule has 2 aromatic heterocycles. The van der Waals surface area contributed by atoms with Crippen LogP contribution in [-0.2, 0) is 31.9 Å². The first-order valence-corrected chi connectivity index (χ1v) is 14.4. The van der Waals surface area contributed by atoms with E-state index in [-0.39, 0.29) is 59.7 Å². The zero-order valence-corrected chi connectivity index (χ0v) is 25.5. The molecule has 14 heteroatoms. The molecular weight excluding hydrogens is 588 g/mol. The molecule has 2 atom stereocenters. The number of nitriles is 4. The maximum absolute atomic E-state index is 13.2. The predicted octanol–water partition coefficient (Wildman–Crippen LogP) is 3.88. The molecule has 0 amide bonds. The Morgan fingerprint density at radius 3 is 1.41 bits per heavy atom. The fourth-order valence-corrected chi connectivity index (χ4v) is 5.70. The van der Waals surface area contributed by atoms with Crippen LogP contribution < -0.4 is 10.6 Å². The van der Waals surface area contributed by atoms with Gasteiger partial charge in [-0.15, -0.1) is 0 Å². The number of rotatable bonds is 8. The maximum Gasteiger partial charge on any atom is 0.338 e. The van der Waals surface area contributed by atoms with Crippen LogP contribution in [0.2, 0.25) is 0 Å². The van der Waals surface area contributed by atoms with Gasteiger partial charge in [0.1, 0.15) is 34.9 Å². The van der Waals surface area contributed by atoms with Crippen molar-refractivity contribution in [1.29, 1.82) is 21.0 Å². The number of carbonyl (C=O) groups excluding carboxylic acids is 2. The van der Waals surface area contributed by atoms with E-state index in [1.54, 1.807) is 52.0 Å². The minimum atomic E-state index is -0.736. The van der Waals surface area contributed by atoms with Crippen LogP contribution in [0.1, 0.15) is 73.4 Å². The molecule has 0 saturated carbocycles. The van der Waals surface area contributed by atoms with E-state index in [0.29, 0.717) is 34.2 Å². The third-order valence-electron chi connectivity index (χ3n) is 7.78. The molecule has 1 aromatic carbocycles. The summed E-state index contributed by atoms with van der Waals surface area (Å²) < 4.78 is 13.7. The van der Waals surface area contributed by atoms with E-state index in [1.165, 1.54) is 9.36 Å². The van der Waals surface area contributed by atoms with Crippen molar-refractivity contribution in [2.24, 2.45) is 0 Å². The average Bonchev–Trinajstić information content (AvgIpc) is 3.58. The highest BCUT2D eigenvalue weighted by molar-refractivity contribution is 5.99. The van der Waals surface area contributed by atoms with Crippen LogP contribution in [0.15, 0.2) is 35.4 Å². The largest absolute Gasteiger partial charge is 0.463 e. The first kappa shape index (κ1) is 31.1. The summed E-state index contributed by atoms with van der Waals surface area (Å²) in [7, 11) is 0. The molecule has 0 bridgehead atoms. The van der Waals surface area contributed by atoms with Gasteiger partial charge in [-0.1, -0.05) is 24.3 Å². The molecule has 0 spiro atoms. The molecule has 230 valence electrons. The van der Waals surface area contributed by atoms with Crippen LogP contribution >= 0.6 is 0 Å². The SMILES string of the molecule is CCOC(=O)C1=C(C)n2nc(CC#N)c(C#N)c2NC1c1ccc(C2Nc3c(C#N)c(CC#N)nn3C(C)=C2C(=O)OCC)cc1. The molecule has 14 nitrogen and oxygen atoms in total. The van der Waals surface area contributed by atoms with Gasteiger partial charge in [0.15, 0.2) is 0 Å². The van der Waals surface area contributed by atoms with Crippen molar-refractivity contribution in [2.75, 3.05) is 23.8 Å². The van der Waals surface area contributed by atoms with Crippen LogP contribution in [0.5, 0.6) is 0 Å². The van der Waals surface area contributed by atoms with E-state index in [9.17, 15) is 30.6 Å². The lowest BCUT2D eigenvalue weighted by Gasteiger charge is -2.31. The topological polar surface area (TPSA) is 207 Å². The summed E-state index contributed by atoms with van der Waals surface area (Å²) in [6, 6.07) is 13.9. The Kier molecular flexibility index (Phi) is 8.57. The van der Waals surface area contributed by atoms with Crippen LogP contribution in [-0.4, -0.2) is 44.7 Å². The number of hydrogen-bond acceptors (Lipinski definition) is 12. The molecule has 2 N–H and O–H groups in total. The second kappa shape index (κ2) is 12.7. The van der Waals surface area contributed by atoms with E-state index in [4.69, 9.17) is 9.47 Å². The van der Waals surface area contributed by atoms with Gasteiger partial charge in [0.05, 0.1) is 84.2 Å². The standard InChI is InChI=1S/C32H28N10O4/c1-5-45-31(43)25-17(3)41-29(21(15-35)23(39-41)11-13-33)37-27(25)19-7-9-20(10-8-19)28-26(32(44)46-6-2)18(4)42-30(38-28)22(16-36)24(40-42)12-14-34/h7-10,27-28,37-38H,5-6,11-12H2,1-4H3. The first-order chi connectivity index (χ1) is 22.2. The Labute approximate surface area is 264 Å².